The van der Waals surface area contributed by atoms with E-state index in [1.807, 2.05) is 0 Å². The lowest BCUT2D eigenvalue weighted by molar-refractivity contribution is -0.303. The number of allylic oxidation sites excluding steroid dienone is 2. The van der Waals surface area contributed by atoms with Gasteiger partial charge in [-0.25, -0.2) is 0 Å². The van der Waals surface area contributed by atoms with Crippen LogP contribution in [0.5, 0.6) is 0 Å². The minimum absolute atomic E-state index is 0.261. The Morgan fingerprint density at radius 1 is 0.618 bits per heavy atom. The van der Waals surface area contributed by atoms with Crippen LogP contribution in [0.25, 0.3) is 0 Å². The summed E-state index contributed by atoms with van der Waals surface area (Å²) >= 11 is 0. The topological polar surface area (TPSA) is 189 Å². The maximum atomic E-state index is 13.0. The van der Waals surface area contributed by atoms with Crippen LogP contribution in [0.3, 0.4) is 0 Å². The van der Waals surface area contributed by atoms with E-state index < -0.39 is 74.2 Å². The van der Waals surface area contributed by atoms with Crippen molar-refractivity contribution in [1.29, 1.82) is 0 Å². The minimum atomic E-state index is -1.66. The Labute approximate surface area is 334 Å². The van der Waals surface area contributed by atoms with Gasteiger partial charge in [0.25, 0.3) is 0 Å². The smallest absolute Gasteiger partial charge is 0.249 e. The van der Waals surface area contributed by atoms with E-state index in [0.29, 0.717) is 19.3 Å². The van der Waals surface area contributed by atoms with Gasteiger partial charge in [0.2, 0.25) is 5.91 Å². The van der Waals surface area contributed by atoms with E-state index in [2.05, 4.69) is 31.3 Å². The average Bonchev–Trinajstić information content (AvgIpc) is 3.18. The van der Waals surface area contributed by atoms with Gasteiger partial charge in [0, 0.05) is 0 Å². The van der Waals surface area contributed by atoms with Crippen molar-refractivity contribution in [2.75, 3.05) is 13.2 Å². The number of carbonyl (C=O) groups excluding carboxylic acids is 1. The molecule has 1 heterocycles. The number of ether oxygens (including phenoxy) is 2. The molecule has 11 heteroatoms. The Hall–Kier alpha value is -1.15. The molecule has 0 aromatic rings. The van der Waals surface area contributed by atoms with Gasteiger partial charge in [-0.05, 0) is 38.5 Å². The molecule has 11 nitrogen and oxygen atoms in total. The first-order chi connectivity index (χ1) is 26.7. The Balaban J connectivity index is 2.49. The Kier molecular flexibility index (Phi) is 32.9. The first kappa shape index (κ1) is 51.9. The second-order valence-corrected chi connectivity index (χ2v) is 16.1. The van der Waals surface area contributed by atoms with Crippen molar-refractivity contribution in [3.63, 3.8) is 0 Å². The molecule has 9 atom stereocenters. The van der Waals surface area contributed by atoms with E-state index in [1.54, 1.807) is 0 Å². The molecule has 1 fully saturated rings. The van der Waals surface area contributed by atoms with E-state index in [-0.39, 0.29) is 6.42 Å². The van der Waals surface area contributed by atoms with Crippen LogP contribution in [0.4, 0.5) is 0 Å². The van der Waals surface area contributed by atoms with Gasteiger partial charge >= 0.3 is 0 Å². The number of carbonyl (C=O) groups is 1. The van der Waals surface area contributed by atoms with Gasteiger partial charge in [0.05, 0.1) is 25.4 Å². The third-order valence-corrected chi connectivity index (χ3v) is 11.1. The van der Waals surface area contributed by atoms with Gasteiger partial charge < -0.3 is 50.5 Å². The fourth-order valence-electron chi connectivity index (χ4n) is 7.26. The quantitative estimate of drug-likeness (QED) is 0.0243. The summed E-state index contributed by atoms with van der Waals surface area (Å²) in [4.78, 5) is 13.0. The number of aliphatic hydroxyl groups excluding tert-OH is 7. The summed E-state index contributed by atoms with van der Waals surface area (Å²) in [5, 5.41) is 75.5. The molecule has 0 aliphatic carbocycles. The van der Waals surface area contributed by atoms with Crippen molar-refractivity contribution < 1.29 is 50.0 Å². The monoisotopic (exact) mass is 788 g/mol. The van der Waals surface area contributed by atoms with Crippen LogP contribution >= 0.6 is 0 Å². The molecular weight excluding hydrogens is 702 g/mol. The number of hydrogen-bond acceptors (Lipinski definition) is 10. The van der Waals surface area contributed by atoms with Crippen LogP contribution in [-0.2, 0) is 14.3 Å². The lowest BCUT2D eigenvalue weighted by Gasteiger charge is -2.40. The number of unbranched alkanes of at least 4 members (excludes halogenated alkanes) is 23. The summed E-state index contributed by atoms with van der Waals surface area (Å²) in [5.74, 6) is -0.701. The fraction of sp³-hybridized carbons (Fsp3) is 0.932. The van der Waals surface area contributed by atoms with Gasteiger partial charge in [-0.1, -0.05) is 167 Å². The number of aliphatic hydroxyl groups is 7. The van der Waals surface area contributed by atoms with E-state index >= 15 is 0 Å². The highest BCUT2D eigenvalue weighted by Gasteiger charge is 2.44. The molecule has 1 amide bonds. The highest BCUT2D eigenvalue weighted by atomic mass is 16.7. The Morgan fingerprint density at radius 3 is 1.53 bits per heavy atom. The zero-order valence-electron chi connectivity index (χ0n) is 34.9. The second kappa shape index (κ2) is 34.9. The summed E-state index contributed by atoms with van der Waals surface area (Å²) in [5.41, 5.74) is 0. The predicted molar refractivity (Wildman–Crippen MR) is 219 cm³/mol. The third kappa shape index (κ3) is 25.1. The molecule has 1 aliphatic heterocycles. The number of hydrogen-bond donors (Lipinski definition) is 8. The summed E-state index contributed by atoms with van der Waals surface area (Å²) in [7, 11) is 0. The van der Waals surface area contributed by atoms with Crippen LogP contribution in [0.2, 0.25) is 0 Å². The van der Waals surface area contributed by atoms with Gasteiger partial charge in [-0.3, -0.25) is 4.79 Å². The second-order valence-electron chi connectivity index (χ2n) is 16.1. The largest absolute Gasteiger partial charge is 0.394 e. The first-order valence-corrected chi connectivity index (χ1v) is 22.6. The van der Waals surface area contributed by atoms with E-state index in [0.717, 1.165) is 51.4 Å². The number of amides is 1. The average molecular weight is 788 g/mol. The van der Waals surface area contributed by atoms with Gasteiger partial charge in [-0.2, -0.15) is 0 Å². The molecule has 1 saturated heterocycles. The maximum absolute atomic E-state index is 13.0. The zero-order valence-corrected chi connectivity index (χ0v) is 34.9. The van der Waals surface area contributed by atoms with Crippen LogP contribution < -0.4 is 5.32 Å². The van der Waals surface area contributed by atoms with Crippen molar-refractivity contribution in [1.82, 2.24) is 5.32 Å². The standard InChI is InChI=1S/C44H85NO10/c1-3-5-7-9-11-13-15-17-19-21-23-25-27-29-31-36(47)39(49)35(34-54-44-42(52)41(51)40(50)38(33-46)55-44)45-43(53)37(48)32-30-28-26-24-22-20-18-16-14-12-10-8-6-4-2/h17,19,35-42,44,46-52H,3-16,18,20-34H2,1-2H3,(H,45,53)/b19-17-/t35-,36+,37+,38+,39-,40+,41-,42+,44+/m0/s1. The van der Waals surface area contributed by atoms with Gasteiger partial charge in [-0.15, -0.1) is 0 Å². The maximum Gasteiger partial charge on any atom is 0.249 e. The molecular formula is C44H85NO10. The van der Waals surface area contributed by atoms with Crippen molar-refractivity contribution in [3.8, 4) is 0 Å². The first-order valence-electron chi connectivity index (χ1n) is 22.6. The molecule has 0 bridgehead atoms. The summed E-state index contributed by atoms with van der Waals surface area (Å²) in [6, 6.07) is -1.17. The fourth-order valence-corrected chi connectivity index (χ4v) is 7.26. The highest BCUT2D eigenvalue weighted by molar-refractivity contribution is 5.80. The number of rotatable bonds is 37. The molecule has 8 N–H and O–H groups in total. The molecule has 55 heavy (non-hydrogen) atoms. The minimum Gasteiger partial charge on any atom is -0.394 e. The molecule has 0 saturated carbocycles. The third-order valence-electron chi connectivity index (χ3n) is 11.1. The molecule has 0 radical (unpaired) electrons. The van der Waals surface area contributed by atoms with E-state index in [4.69, 9.17) is 9.47 Å². The van der Waals surface area contributed by atoms with Crippen LogP contribution in [0, 0.1) is 0 Å². The number of nitrogens with one attached hydrogen (secondary N) is 1. The van der Waals surface area contributed by atoms with E-state index in [9.17, 15) is 40.5 Å². The lowest BCUT2D eigenvalue weighted by atomic mass is 9.98. The summed E-state index contributed by atoms with van der Waals surface area (Å²) in [6.45, 7) is 3.42. The van der Waals surface area contributed by atoms with Crippen LogP contribution in [0.15, 0.2) is 12.2 Å². The highest BCUT2D eigenvalue weighted by Crippen LogP contribution is 2.23. The normalized spacial score (nSPS) is 22.5. The van der Waals surface area contributed by atoms with Crippen molar-refractivity contribution >= 4 is 5.91 Å². The van der Waals surface area contributed by atoms with Crippen LogP contribution in [0.1, 0.15) is 194 Å². The molecule has 0 unspecified atom stereocenters. The summed E-state index contributed by atoms with van der Waals surface area (Å²) < 4.78 is 11.1. The zero-order chi connectivity index (χ0) is 40.5. The molecule has 0 spiro atoms. The van der Waals surface area contributed by atoms with Crippen molar-refractivity contribution in [3.05, 3.63) is 12.2 Å². The molecule has 1 aliphatic rings. The van der Waals surface area contributed by atoms with Gasteiger partial charge in [0.15, 0.2) is 6.29 Å². The van der Waals surface area contributed by atoms with Crippen LogP contribution in [-0.4, -0.2) is 110 Å². The molecule has 1 rings (SSSR count). The lowest BCUT2D eigenvalue weighted by Crippen LogP contribution is -2.60. The molecule has 0 aromatic carbocycles. The summed E-state index contributed by atoms with van der Waals surface area (Å²) in [6.07, 6.45) is 24.0. The Morgan fingerprint density at radius 2 is 1.05 bits per heavy atom. The van der Waals surface area contributed by atoms with E-state index in [1.165, 1.54) is 103 Å². The molecule has 0 aromatic heterocycles. The van der Waals surface area contributed by atoms with Gasteiger partial charge in [0.1, 0.15) is 36.6 Å². The van der Waals surface area contributed by atoms with Crippen molar-refractivity contribution in [2.45, 2.75) is 249 Å². The van der Waals surface area contributed by atoms with Crippen molar-refractivity contribution in [2.24, 2.45) is 0 Å². The Bertz CT molecular complexity index is 908. The SMILES string of the molecule is CCCCCCCC/C=C\CCCCCC[C@@H](O)[C@@H](O)[C@H](CO[C@@H]1O[C@H](CO)[C@@H](O)[C@H](O)[C@H]1O)NC(=O)[C@H](O)CCCCCCCCCCCCCCCC. The molecule has 326 valence electrons. The predicted octanol–water partition coefficient (Wildman–Crippen LogP) is 6.89.